The number of likely N-dealkylation sites (tertiary alicyclic amines) is 1. The van der Waals surface area contributed by atoms with Crippen molar-refractivity contribution in [2.75, 3.05) is 26.7 Å². The Kier molecular flexibility index (Phi) is 6.67. The van der Waals surface area contributed by atoms with E-state index in [-0.39, 0.29) is 5.54 Å². The predicted octanol–water partition coefficient (Wildman–Crippen LogP) is 5.84. The summed E-state index contributed by atoms with van der Waals surface area (Å²) in [5.41, 5.74) is 2.98. The maximum atomic E-state index is 2.61. The zero-order valence-corrected chi connectivity index (χ0v) is 19.4. The van der Waals surface area contributed by atoms with Gasteiger partial charge in [0.2, 0.25) is 0 Å². The summed E-state index contributed by atoms with van der Waals surface area (Å²) >= 11 is 0. The van der Waals surface area contributed by atoms with Crippen LogP contribution in [0.4, 0.5) is 0 Å². The molecule has 25 heavy (non-hydrogen) atoms. The molecule has 2 aliphatic rings. The molecule has 1 fully saturated rings. The van der Waals surface area contributed by atoms with Gasteiger partial charge >= 0.3 is 0 Å². The Labute approximate surface area is 159 Å². The lowest BCUT2D eigenvalue weighted by Gasteiger charge is -2.41. The Hall–Kier alpha value is -0.340. The van der Waals surface area contributed by atoms with Gasteiger partial charge in [0, 0.05) is 17.6 Å². The summed E-state index contributed by atoms with van der Waals surface area (Å²) in [6, 6.07) is 0. The quantitative estimate of drug-likeness (QED) is 0.548. The van der Waals surface area contributed by atoms with Crippen LogP contribution in [0.5, 0.6) is 0 Å². The Morgan fingerprint density at radius 2 is 1.56 bits per heavy atom. The summed E-state index contributed by atoms with van der Waals surface area (Å²) in [6.45, 7) is 29.2. The summed E-state index contributed by atoms with van der Waals surface area (Å²) in [5.74, 6) is 0.833. The molecule has 0 aromatic heterocycles. The maximum absolute atomic E-state index is 2.61. The fourth-order valence-electron chi connectivity index (χ4n) is 5.34. The largest absolute Gasteiger partial charge is 0.298 e. The molecule has 0 N–H and O–H groups in total. The second-order valence-electron chi connectivity index (χ2n) is 11.2. The van der Waals surface area contributed by atoms with E-state index in [0.717, 1.165) is 12.5 Å². The molecule has 0 amide bonds. The number of hydrogen-bond acceptors (Lipinski definition) is 2. The number of hydrogen-bond donors (Lipinski definition) is 0. The standard InChI is InChI=1S/C12H25N.C11H21N/c1-7-13-9-8-10(11(2,3)4)12(13,5)6;1-10(2,3)9-7-8-12(6)11(9,4)5/h10H,7-9H2,1-6H3;7H,8H2,1-6H3. The SMILES string of the molecule is CCN1CCC(C(C)(C)C)C1(C)C.CN1CC=C(C(C)(C)C)C1(C)C. The molecule has 1 saturated heterocycles. The summed E-state index contributed by atoms with van der Waals surface area (Å²) < 4.78 is 0. The van der Waals surface area contributed by atoms with E-state index in [1.165, 1.54) is 19.5 Å². The van der Waals surface area contributed by atoms with Crippen molar-refractivity contribution in [3.05, 3.63) is 11.6 Å². The topological polar surface area (TPSA) is 6.48 Å². The lowest BCUT2D eigenvalue weighted by Crippen LogP contribution is -2.46. The highest BCUT2D eigenvalue weighted by atomic mass is 15.2. The van der Waals surface area contributed by atoms with E-state index < -0.39 is 0 Å². The first-order valence-corrected chi connectivity index (χ1v) is 10.2. The average molecular weight is 351 g/mol. The van der Waals surface area contributed by atoms with Gasteiger partial charge in [-0.05, 0) is 76.6 Å². The van der Waals surface area contributed by atoms with Gasteiger partial charge in [-0.3, -0.25) is 9.80 Å². The Bertz CT molecular complexity index is 471. The molecule has 2 aliphatic heterocycles. The minimum absolute atomic E-state index is 0.248. The van der Waals surface area contributed by atoms with Gasteiger partial charge in [-0.15, -0.1) is 0 Å². The van der Waals surface area contributed by atoms with E-state index in [0.29, 0.717) is 16.4 Å². The van der Waals surface area contributed by atoms with Gasteiger partial charge < -0.3 is 0 Å². The zero-order chi connectivity index (χ0) is 19.8. The highest BCUT2D eigenvalue weighted by molar-refractivity contribution is 5.28. The normalized spacial score (nSPS) is 27.0. The lowest BCUT2D eigenvalue weighted by molar-refractivity contribution is 0.0836. The minimum Gasteiger partial charge on any atom is -0.298 e. The highest BCUT2D eigenvalue weighted by Crippen LogP contribution is 2.44. The van der Waals surface area contributed by atoms with Crippen LogP contribution >= 0.6 is 0 Å². The first-order valence-electron chi connectivity index (χ1n) is 10.2. The molecular formula is C23H46N2. The van der Waals surface area contributed by atoms with Crippen LogP contribution in [0.25, 0.3) is 0 Å². The molecular weight excluding hydrogens is 304 g/mol. The molecule has 0 saturated carbocycles. The van der Waals surface area contributed by atoms with Crippen LogP contribution in [0, 0.1) is 16.7 Å². The first kappa shape index (κ1) is 22.7. The minimum atomic E-state index is 0.248. The van der Waals surface area contributed by atoms with E-state index in [1.807, 2.05) is 0 Å². The Morgan fingerprint density at radius 1 is 1.04 bits per heavy atom. The van der Waals surface area contributed by atoms with Crippen LogP contribution in [0.2, 0.25) is 0 Å². The van der Waals surface area contributed by atoms with Crippen molar-refractivity contribution in [3.63, 3.8) is 0 Å². The van der Waals surface area contributed by atoms with Gasteiger partial charge in [-0.25, -0.2) is 0 Å². The molecule has 0 bridgehead atoms. The molecule has 1 unspecified atom stereocenters. The number of likely N-dealkylation sites (N-methyl/N-ethyl adjacent to an activating group) is 1. The first-order chi connectivity index (χ1) is 11.1. The van der Waals surface area contributed by atoms with Crippen molar-refractivity contribution in [2.45, 2.75) is 93.7 Å². The van der Waals surface area contributed by atoms with E-state index in [2.05, 4.69) is 99.1 Å². The summed E-state index contributed by atoms with van der Waals surface area (Å²) in [7, 11) is 2.19. The van der Waals surface area contributed by atoms with E-state index >= 15 is 0 Å². The van der Waals surface area contributed by atoms with Gasteiger partial charge in [-0.2, -0.15) is 0 Å². The van der Waals surface area contributed by atoms with Gasteiger partial charge in [0.1, 0.15) is 0 Å². The third kappa shape index (κ3) is 4.89. The smallest absolute Gasteiger partial charge is 0.0369 e. The van der Waals surface area contributed by atoms with Crippen LogP contribution in [0.15, 0.2) is 11.6 Å². The van der Waals surface area contributed by atoms with Gasteiger partial charge in [-0.1, -0.05) is 54.5 Å². The van der Waals surface area contributed by atoms with Crippen molar-refractivity contribution >= 4 is 0 Å². The molecule has 2 nitrogen and oxygen atoms in total. The molecule has 0 aliphatic carbocycles. The van der Waals surface area contributed by atoms with Crippen LogP contribution in [-0.2, 0) is 0 Å². The van der Waals surface area contributed by atoms with Gasteiger partial charge in [0.05, 0.1) is 0 Å². The zero-order valence-electron chi connectivity index (χ0n) is 19.4. The molecule has 2 heterocycles. The van der Waals surface area contributed by atoms with Crippen molar-refractivity contribution in [2.24, 2.45) is 16.7 Å². The Balaban J connectivity index is 0.000000251. The summed E-state index contributed by atoms with van der Waals surface area (Å²) in [6.07, 6.45) is 3.74. The van der Waals surface area contributed by atoms with E-state index in [1.54, 1.807) is 5.57 Å². The number of nitrogens with zero attached hydrogens (tertiary/aromatic N) is 2. The molecule has 2 rings (SSSR count). The molecule has 0 spiro atoms. The van der Waals surface area contributed by atoms with Crippen LogP contribution in [-0.4, -0.2) is 47.6 Å². The monoisotopic (exact) mass is 350 g/mol. The fourth-order valence-corrected chi connectivity index (χ4v) is 5.34. The second-order valence-corrected chi connectivity index (χ2v) is 11.2. The van der Waals surface area contributed by atoms with Crippen LogP contribution < -0.4 is 0 Å². The van der Waals surface area contributed by atoms with E-state index in [4.69, 9.17) is 0 Å². The van der Waals surface area contributed by atoms with Crippen molar-refractivity contribution in [3.8, 4) is 0 Å². The second kappa shape index (κ2) is 7.35. The van der Waals surface area contributed by atoms with Gasteiger partial charge in [0.15, 0.2) is 0 Å². The summed E-state index contributed by atoms with van der Waals surface area (Å²) in [4.78, 5) is 5.01. The van der Waals surface area contributed by atoms with E-state index in [9.17, 15) is 0 Å². The molecule has 0 radical (unpaired) electrons. The molecule has 2 heteroatoms. The predicted molar refractivity (Wildman–Crippen MR) is 113 cm³/mol. The lowest BCUT2D eigenvalue weighted by atomic mass is 9.71. The molecule has 0 aromatic rings. The van der Waals surface area contributed by atoms with Crippen molar-refractivity contribution in [1.82, 2.24) is 9.80 Å². The third-order valence-electron chi connectivity index (χ3n) is 6.77. The summed E-state index contributed by atoms with van der Waals surface area (Å²) in [5, 5.41) is 0. The average Bonchev–Trinajstić information content (AvgIpc) is 2.85. The van der Waals surface area contributed by atoms with Gasteiger partial charge in [0.25, 0.3) is 0 Å². The number of rotatable bonds is 1. The van der Waals surface area contributed by atoms with Crippen molar-refractivity contribution in [1.29, 1.82) is 0 Å². The van der Waals surface area contributed by atoms with Crippen LogP contribution in [0.3, 0.4) is 0 Å². The van der Waals surface area contributed by atoms with Crippen molar-refractivity contribution < 1.29 is 0 Å². The molecule has 148 valence electrons. The maximum Gasteiger partial charge on any atom is 0.0369 e. The Morgan fingerprint density at radius 3 is 1.76 bits per heavy atom. The highest BCUT2D eigenvalue weighted by Gasteiger charge is 2.45. The van der Waals surface area contributed by atoms with Crippen LogP contribution in [0.1, 0.15) is 82.6 Å². The molecule has 1 atom stereocenters. The molecule has 0 aromatic carbocycles. The fraction of sp³-hybridized carbons (Fsp3) is 0.913. The third-order valence-corrected chi connectivity index (χ3v) is 6.77.